The quantitative estimate of drug-likeness (QED) is 0.710. The van der Waals surface area contributed by atoms with E-state index in [4.69, 9.17) is 0 Å². The third-order valence-electron chi connectivity index (χ3n) is 3.97. The maximum absolute atomic E-state index is 14.1. The van der Waals surface area contributed by atoms with Crippen LogP contribution in [-0.2, 0) is 4.57 Å². The zero-order chi connectivity index (χ0) is 15.9. The van der Waals surface area contributed by atoms with E-state index >= 15 is 0 Å². The van der Waals surface area contributed by atoms with Crippen LogP contribution in [0.1, 0.15) is 41.5 Å². The fourth-order valence-electron chi connectivity index (χ4n) is 3.13. The SMILES string of the molecule is CC(C)(C)P(=O)(c1cccn1-c1ccccc1)C(C)(C)C. The molecule has 0 unspecified atom stereocenters. The molecule has 0 aliphatic rings. The van der Waals surface area contributed by atoms with E-state index in [9.17, 15) is 4.57 Å². The Balaban J connectivity index is 2.71. The van der Waals surface area contributed by atoms with E-state index in [-0.39, 0.29) is 10.3 Å². The fourth-order valence-corrected chi connectivity index (χ4v) is 7.30. The Kier molecular flexibility index (Phi) is 3.97. The van der Waals surface area contributed by atoms with Crippen LogP contribution in [0.2, 0.25) is 0 Å². The van der Waals surface area contributed by atoms with Crippen LogP contribution in [0.4, 0.5) is 0 Å². The summed E-state index contributed by atoms with van der Waals surface area (Å²) in [6.07, 6.45) is 2.01. The summed E-state index contributed by atoms with van der Waals surface area (Å²) in [6, 6.07) is 14.1. The highest BCUT2D eigenvalue weighted by atomic mass is 31.2. The molecule has 2 rings (SSSR count). The third-order valence-corrected chi connectivity index (χ3v) is 8.76. The van der Waals surface area contributed by atoms with Gasteiger partial charge in [0.15, 0.2) is 0 Å². The van der Waals surface area contributed by atoms with Crippen LogP contribution >= 0.6 is 7.14 Å². The number of aromatic nitrogens is 1. The van der Waals surface area contributed by atoms with E-state index in [2.05, 4.69) is 58.2 Å². The first kappa shape index (κ1) is 16.1. The Hall–Kier alpha value is -1.27. The van der Waals surface area contributed by atoms with E-state index in [0.717, 1.165) is 11.1 Å². The van der Waals surface area contributed by atoms with E-state index in [1.807, 2.05) is 36.5 Å². The molecule has 1 aromatic carbocycles. The number of rotatable bonds is 2. The highest BCUT2D eigenvalue weighted by molar-refractivity contribution is 7.74. The van der Waals surface area contributed by atoms with Crippen LogP contribution in [0, 0.1) is 0 Å². The smallest absolute Gasteiger partial charge is 0.141 e. The Labute approximate surface area is 128 Å². The van der Waals surface area contributed by atoms with Crippen molar-refractivity contribution in [1.29, 1.82) is 0 Å². The predicted octanol–water partition coefficient (Wildman–Crippen LogP) is 5.06. The summed E-state index contributed by atoms with van der Waals surface area (Å²) in [6.45, 7) is 12.5. The summed E-state index contributed by atoms with van der Waals surface area (Å²) in [5.74, 6) is 0. The Morgan fingerprint density at radius 1 is 0.810 bits per heavy atom. The molecule has 0 bridgehead atoms. The molecule has 0 spiro atoms. The number of hydrogen-bond acceptors (Lipinski definition) is 1. The van der Waals surface area contributed by atoms with Gasteiger partial charge in [0.25, 0.3) is 0 Å². The second-order valence-electron chi connectivity index (χ2n) is 7.52. The van der Waals surface area contributed by atoms with Crippen LogP contribution in [0.25, 0.3) is 5.69 Å². The van der Waals surface area contributed by atoms with Crippen LogP contribution in [0.15, 0.2) is 48.7 Å². The molecule has 2 nitrogen and oxygen atoms in total. The van der Waals surface area contributed by atoms with Crippen molar-refractivity contribution in [3.8, 4) is 5.69 Å². The first-order valence-corrected chi connectivity index (χ1v) is 9.13. The minimum atomic E-state index is -2.63. The van der Waals surface area contributed by atoms with Crippen molar-refractivity contribution in [2.45, 2.75) is 51.9 Å². The van der Waals surface area contributed by atoms with Crippen molar-refractivity contribution < 1.29 is 4.57 Å². The summed E-state index contributed by atoms with van der Waals surface area (Å²) in [7, 11) is -2.63. The third kappa shape index (κ3) is 2.62. The second kappa shape index (κ2) is 5.18. The van der Waals surface area contributed by atoms with Gasteiger partial charge in [0, 0.05) is 22.2 Å². The minimum absolute atomic E-state index is 0.282. The molecule has 0 fully saturated rings. The van der Waals surface area contributed by atoms with E-state index in [0.29, 0.717) is 0 Å². The lowest BCUT2D eigenvalue weighted by Crippen LogP contribution is -2.37. The van der Waals surface area contributed by atoms with E-state index < -0.39 is 7.14 Å². The van der Waals surface area contributed by atoms with E-state index in [1.165, 1.54) is 0 Å². The Bertz CT molecular complexity index is 639. The van der Waals surface area contributed by atoms with E-state index in [1.54, 1.807) is 0 Å². The Morgan fingerprint density at radius 2 is 1.33 bits per heavy atom. The van der Waals surface area contributed by atoms with Gasteiger partial charge in [-0.15, -0.1) is 0 Å². The monoisotopic (exact) mass is 303 g/mol. The molecule has 0 atom stereocenters. The molecular formula is C18H26NOP. The first-order valence-electron chi connectivity index (χ1n) is 7.42. The number of benzene rings is 1. The van der Waals surface area contributed by atoms with Crippen molar-refractivity contribution in [1.82, 2.24) is 4.57 Å². The number of para-hydroxylation sites is 1. The van der Waals surface area contributed by atoms with Crippen molar-refractivity contribution in [2.75, 3.05) is 0 Å². The number of nitrogens with zero attached hydrogens (tertiary/aromatic N) is 1. The minimum Gasteiger partial charge on any atom is -0.316 e. The lowest BCUT2D eigenvalue weighted by Gasteiger charge is -2.41. The number of hydrogen-bond donors (Lipinski definition) is 0. The van der Waals surface area contributed by atoms with Gasteiger partial charge in [0.05, 0.1) is 5.44 Å². The van der Waals surface area contributed by atoms with Gasteiger partial charge in [-0.25, -0.2) is 0 Å². The summed E-state index contributed by atoms with van der Waals surface area (Å²) < 4.78 is 16.2. The lowest BCUT2D eigenvalue weighted by atomic mass is 10.2. The predicted molar refractivity (Wildman–Crippen MR) is 92.5 cm³/mol. The van der Waals surface area contributed by atoms with Crippen molar-refractivity contribution >= 4 is 12.6 Å². The van der Waals surface area contributed by atoms with Crippen LogP contribution in [0.3, 0.4) is 0 Å². The molecule has 0 radical (unpaired) electrons. The molecule has 0 amide bonds. The average molecular weight is 303 g/mol. The summed E-state index contributed by atoms with van der Waals surface area (Å²) in [5, 5.41) is -0.563. The average Bonchev–Trinajstić information content (AvgIpc) is 2.85. The molecule has 0 aliphatic heterocycles. The molecule has 1 heterocycles. The van der Waals surface area contributed by atoms with Gasteiger partial charge in [0.1, 0.15) is 7.14 Å². The first-order chi connectivity index (χ1) is 9.59. The second-order valence-corrected chi connectivity index (χ2v) is 11.9. The molecular weight excluding hydrogens is 277 g/mol. The molecule has 3 heteroatoms. The summed E-state index contributed by atoms with van der Waals surface area (Å²) in [5.41, 5.74) is 2.00. The Morgan fingerprint density at radius 3 is 1.81 bits per heavy atom. The molecule has 114 valence electrons. The summed E-state index contributed by atoms with van der Waals surface area (Å²) in [4.78, 5) is 0. The zero-order valence-corrected chi connectivity index (χ0v) is 14.8. The van der Waals surface area contributed by atoms with Gasteiger partial charge in [-0.3, -0.25) is 0 Å². The van der Waals surface area contributed by atoms with Crippen molar-refractivity contribution in [2.24, 2.45) is 0 Å². The van der Waals surface area contributed by atoms with Crippen molar-refractivity contribution in [3.63, 3.8) is 0 Å². The van der Waals surface area contributed by atoms with Gasteiger partial charge in [0.2, 0.25) is 0 Å². The standard InChI is InChI=1S/C18H26NOP/c1-17(2,3)21(20,18(4,5)6)16-13-10-14-19(16)15-11-8-7-9-12-15/h7-14H,1-6H3. The van der Waals surface area contributed by atoms with Gasteiger partial charge in [-0.05, 0) is 24.3 Å². The molecule has 0 N–H and O–H groups in total. The fraction of sp³-hybridized carbons (Fsp3) is 0.444. The van der Waals surface area contributed by atoms with Gasteiger partial charge in [-0.2, -0.15) is 0 Å². The largest absolute Gasteiger partial charge is 0.316 e. The lowest BCUT2D eigenvalue weighted by molar-refractivity contribution is 0.526. The molecule has 0 saturated heterocycles. The van der Waals surface area contributed by atoms with Crippen LogP contribution < -0.4 is 5.44 Å². The molecule has 1 aromatic heterocycles. The van der Waals surface area contributed by atoms with Gasteiger partial charge < -0.3 is 9.13 Å². The topological polar surface area (TPSA) is 22.0 Å². The van der Waals surface area contributed by atoms with Crippen LogP contribution in [-0.4, -0.2) is 14.9 Å². The molecule has 0 aliphatic carbocycles. The molecule has 0 saturated carbocycles. The van der Waals surface area contributed by atoms with Crippen molar-refractivity contribution in [3.05, 3.63) is 48.7 Å². The normalized spacial score (nSPS) is 13.4. The maximum Gasteiger partial charge on any atom is 0.141 e. The molecule has 2 aromatic rings. The van der Waals surface area contributed by atoms with Crippen LogP contribution in [0.5, 0.6) is 0 Å². The highest BCUT2D eigenvalue weighted by Gasteiger charge is 2.49. The van der Waals surface area contributed by atoms with Gasteiger partial charge in [-0.1, -0.05) is 59.7 Å². The zero-order valence-electron chi connectivity index (χ0n) is 13.9. The summed E-state index contributed by atoms with van der Waals surface area (Å²) >= 11 is 0. The highest BCUT2D eigenvalue weighted by Crippen LogP contribution is 2.65. The van der Waals surface area contributed by atoms with Gasteiger partial charge >= 0.3 is 0 Å². The molecule has 21 heavy (non-hydrogen) atoms. The maximum atomic E-state index is 14.1.